The molecule has 0 fully saturated rings. The number of benzene rings is 2. The lowest BCUT2D eigenvalue weighted by Gasteiger charge is -2.23. The molecule has 0 aliphatic rings. The molecule has 2 aromatic rings. The summed E-state index contributed by atoms with van der Waals surface area (Å²) in [4.78, 5) is 11.5. The first-order chi connectivity index (χ1) is 9.79. The minimum atomic E-state index is -0.543. The number of carbonyl (C=O) groups excluding carboxylic acids is 1. The molecular weight excluding hydrogens is 264 g/mol. The molecular formula is C17H20N2O2. The summed E-state index contributed by atoms with van der Waals surface area (Å²) in [6.07, 6.45) is 0. The number of para-hydroxylation sites is 1. The summed E-state index contributed by atoms with van der Waals surface area (Å²) in [5.74, 6) is 0.524. The van der Waals surface area contributed by atoms with Crippen LogP contribution in [0.4, 0.5) is 5.69 Å². The molecule has 0 spiro atoms. The Morgan fingerprint density at radius 3 is 2.33 bits per heavy atom. The van der Waals surface area contributed by atoms with Crippen molar-refractivity contribution >= 4 is 11.6 Å². The maximum Gasteiger partial charge on any atom is 0.252 e. The fraction of sp³-hybridized carbons (Fsp3) is 0.235. The van der Waals surface area contributed by atoms with Gasteiger partial charge < -0.3 is 16.2 Å². The number of primary amides is 1. The van der Waals surface area contributed by atoms with Crippen LogP contribution in [-0.2, 0) is 5.41 Å². The van der Waals surface area contributed by atoms with Crippen molar-refractivity contribution in [1.29, 1.82) is 0 Å². The Bertz CT molecular complexity index is 673. The highest BCUT2D eigenvalue weighted by Crippen LogP contribution is 2.35. The van der Waals surface area contributed by atoms with Crippen molar-refractivity contribution in [3.8, 4) is 11.5 Å². The predicted octanol–water partition coefficient (Wildman–Crippen LogP) is 3.46. The Morgan fingerprint density at radius 2 is 1.71 bits per heavy atom. The van der Waals surface area contributed by atoms with E-state index in [4.69, 9.17) is 16.2 Å². The molecule has 0 aromatic heterocycles. The van der Waals surface area contributed by atoms with E-state index in [1.54, 1.807) is 18.2 Å². The number of hydrogen-bond acceptors (Lipinski definition) is 3. The van der Waals surface area contributed by atoms with Crippen molar-refractivity contribution in [1.82, 2.24) is 0 Å². The molecule has 0 aliphatic carbocycles. The standard InChI is InChI=1S/C17H20N2O2/c1-17(2,3)13-6-4-5-7-14(13)21-15-10-11(18)8-9-12(15)16(19)20/h4-10H,18H2,1-3H3,(H2,19,20). The van der Waals surface area contributed by atoms with E-state index in [1.165, 1.54) is 0 Å². The SMILES string of the molecule is CC(C)(C)c1ccccc1Oc1cc(N)ccc1C(N)=O. The average Bonchev–Trinajstić information content (AvgIpc) is 2.37. The highest BCUT2D eigenvalue weighted by molar-refractivity contribution is 5.96. The molecule has 4 heteroatoms. The van der Waals surface area contributed by atoms with E-state index in [9.17, 15) is 4.79 Å². The predicted molar refractivity (Wildman–Crippen MR) is 84.6 cm³/mol. The Balaban J connectivity index is 2.49. The van der Waals surface area contributed by atoms with Crippen LogP contribution in [0.2, 0.25) is 0 Å². The molecule has 0 saturated heterocycles. The number of amides is 1. The van der Waals surface area contributed by atoms with Gasteiger partial charge in [-0.1, -0.05) is 39.0 Å². The third kappa shape index (κ3) is 3.34. The Kier molecular flexibility index (Phi) is 3.89. The van der Waals surface area contributed by atoms with Gasteiger partial charge in [0, 0.05) is 17.3 Å². The van der Waals surface area contributed by atoms with Crippen molar-refractivity contribution in [3.05, 3.63) is 53.6 Å². The monoisotopic (exact) mass is 284 g/mol. The molecule has 4 nitrogen and oxygen atoms in total. The molecule has 2 aromatic carbocycles. The lowest BCUT2D eigenvalue weighted by atomic mass is 9.86. The van der Waals surface area contributed by atoms with Crippen LogP contribution >= 0.6 is 0 Å². The van der Waals surface area contributed by atoms with Crippen molar-refractivity contribution in [2.75, 3.05) is 5.73 Å². The normalized spacial score (nSPS) is 11.2. The Hall–Kier alpha value is -2.49. The van der Waals surface area contributed by atoms with E-state index in [-0.39, 0.29) is 5.41 Å². The summed E-state index contributed by atoms with van der Waals surface area (Å²) in [5, 5.41) is 0. The van der Waals surface area contributed by atoms with Crippen LogP contribution < -0.4 is 16.2 Å². The highest BCUT2D eigenvalue weighted by Gasteiger charge is 2.20. The number of nitrogens with two attached hydrogens (primary N) is 2. The van der Waals surface area contributed by atoms with Gasteiger partial charge in [-0.3, -0.25) is 4.79 Å². The lowest BCUT2D eigenvalue weighted by molar-refractivity contribution is 0.0998. The molecule has 0 bridgehead atoms. The van der Waals surface area contributed by atoms with Gasteiger partial charge in [0.1, 0.15) is 11.5 Å². The Labute approximate surface area is 124 Å². The molecule has 0 unspecified atom stereocenters. The van der Waals surface area contributed by atoms with Gasteiger partial charge in [-0.15, -0.1) is 0 Å². The fourth-order valence-corrected chi connectivity index (χ4v) is 2.12. The van der Waals surface area contributed by atoms with Crippen LogP contribution in [0.5, 0.6) is 11.5 Å². The number of nitrogen functional groups attached to an aromatic ring is 1. The van der Waals surface area contributed by atoms with Crippen LogP contribution in [0.25, 0.3) is 0 Å². The van der Waals surface area contributed by atoms with Crippen molar-refractivity contribution in [2.45, 2.75) is 26.2 Å². The van der Waals surface area contributed by atoms with Crippen molar-refractivity contribution in [3.63, 3.8) is 0 Å². The van der Waals surface area contributed by atoms with Gasteiger partial charge in [0.15, 0.2) is 0 Å². The summed E-state index contributed by atoms with van der Waals surface area (Å²) < 4.78 is 5.93. The molecule has 0 saturated carbocycles. The van der Waals surface area contributed by atoms with Crippen LogP contribution in [0.15, 0.2) is 42.5 Å². The highest BCUT2D eigenvalue weighted by atomic mass is 16.5. The number of ether oxygens (including phenoxy) is 1. The summed E-state index contributed by atoms with van der Waals surface area (Å²) in [7, 11) is 0. The van der Waals surface area contributed by atoms with E-state index < -0.39 is 5.91 Å². The second-order valence-corrected chi connectivity index (χ2v) is 5.97. The maximum atomic E-state index is 11.5. The number of anilines is 1. The van der Waals surface area contributed by atoms with E-state index >= 15 is 0 Å². The van der Waals surface area contributed by atoms with Crippen LogP contribution in [0.1, 0.15) is 36.7 Å². The lowest BCUT2D eigenvalue weighted by Crippen LogP contribution is -2.14. The van der Waals surface area contributed by atoms with Crippen LogP contribution in [0, 0.1) is 0 Å². The molecule has 21 heavy (non-hydrogen) atoms. The van der Waals surface area contributed by atoms with E-state index in [0.717, 1.165) is 5.56 Å². The third-order valence-electron chi connectivity index (χ3n) is 3.19. The molecule has 0 atom stereocenters. The molecule has 0 heterocycles. The summed E-state index contributed by atoms with van der Waals surface area (Å²) in [6.45, 7) is 6.30. The summed E-state index contributed by atoms with van der Waals surface area (Å²) in [6, 6.07) is 12.5. The van der Waals surface area contributed by atoms with E-state index in [2.05, 4.69) is 20.8 Å². The minimum absolute atomic E-state index is 0.0796. The minimum Gasteiger partial charge on any atom is -0.456 e. The smallest absolute Gasteiger partial charge is 0.252 e. The molecule has 2 rings (SSSR count). The fourth-order valence-electron chi connectivity index (χ4n) is 2.12. The van der Waals surface area contributed by atoms with Gasteiger partial charge in [-0.25, -0.2) is 0 Å². The summed E-state index contributed by atoms with van der Waals surface area (Å²) >= 11 is 0. The van der Waals surface area contributed by atoms with E-state index in [1.807, 2.05) is 24.3 Å². The first-order valence-electron chi connectivity index (χ1n) is 6.76. The van der Waals surface area contributed by atoms with Gasteiger partial charge in [0.25, 0.3) is 5.91 Å². The topological polar surface area (TPSA) is 78.3 Å². The van der Waals surface area contributed by atoms with Gasteiger partial charge >= 0.3 is 0 Å². The number of carbonyl (C=O) groups is 1. The largest absolute Gasteiger partial charge is 0.456 e. The van der Waals surface area contributed by atoms with Gasteiger partial charge in [0.2, 0.25) is 0 Å². The average molecular weight is 284 g/mol. The molecule has 4 N–H and O–H groups in total. The van der Waals surface area contributed by atoms with Gasteiger partial charge in [0.05, 0.1) is 5.56 Å². The number of rotatable bonds is 3. The van der Waals surface area contributed by atoms with Crippen molar-refractivity contribution in [2.24, 2.45) is 5.73 Å². The number of hydrogen-bond donors (Lipinski definition) is 2. The van der Waals surface area contributed by atoms with Gasteiger partial charge in [-0.05, 0) is 23.6 Å². The molecule has 110 valence electrons. The third-order valence-corrected chi connectivity index (χ3v) is 3.19. The first-order valence-corrected chi connectivity index (χ1v) is 6.76. The van der Waals surface area contributed by atoms with E-state index in [0.29, 0.717) is 22.7 Å². The Morgan fingerprint density at radius 1 is 1.05 bits per heavy atom. The van der Waals surface area contributed by atoms with Crippen molar-refractivity contribution < 1.29 is 9.53 Å². The second kappa shape index (κ2) is 5.48. The van der Waals surface area contributed by atoms with Crippen LogP contribution in [0.3, 0.4) is 0 Å². The zero-order valence-corrected chi connectivity index (χ0v) is 12.5. The molecule has 0 radical (unpaired) electrons. The molecule has 1 amide bonds. The summed E-state index contributed by atoms with van der Waals surface area (Å²) in [5.41, 5.74) is 12.9. The zero-order valence-electron chi connectivity index (χ0n) is 12.5. The van der Waals surface area contributed by atoms with Gasteiger partial charge in [-0.2, -0.15) is 0 Å². The quantitative estimate of drug-likeness (QED) is 0.847. The molecule has 0 aliphatic heterocycles. The maximum absolute atomic E-state index is 11.5. The zero-order chi connectivity index (χ0) is 15.6. The second-order valence-electron chi connectivity index (χ2n) is 5.97. The first kappa shape index (κ1) is 14.9. The van der Waals surface area contributed by atoms with Crippen LogP contribution in [-0.4, -0.2) is 5.91 Å².